The lowest BCUT2D eigenvalue weighted by atomic mass is 9.75. The minimum Gasteiger partial charge on any atom is -0.496 e. The predicted octanol–water partition coefficient (Wildman–Crippen LogP) is 3.44. The molecule has 1 aromatic carbocycles. The highest BCUT2D eigenvalue weighted by Crippen LogP contribution is 2.38. The molecule has 0 saturated heterocycles. The molecule has 0 aliphatic heterocycles. The van der Waals surface area contributed by atoms with E-state index in [4.69, 9.17) is 15.2 Å². The number of nitrogens with two attached hydrogens (primary N) is 1. The highest BCUT2D eigenvalue weighted by Gasteiger charge is 2.28. The van der Waals surface area contributed by atoms with Gasteiger partial charge in [0, 0.05) is 12.1 Å². The number of rotatable bonds is 4. The van der Waals surface area contributed by atoms with Gasteiger partial charge in [0.2, 0.25) is 0 Å². The van der Waals surface area contributed by atoms with Crippen LogP contribution in [0.15, 0.2) is 12.1 Å². The number of nitrogens with one attached hydrogen (secondary N) is 1. The van der Waals surface area contributed by atoms with Gasteiger partial charge in [-0.05, 0) is 30.7 Å². The van der Waals surface area contributed by atoms with Crippen molar-refractivity contribution >= 4 is 17.3 Å². The van der Waals surface area contributed by atoms with Gasteiger partial charge in [-0.2, -0.15) is 0 Å². The number of hydrogen-bond acceptors (Lipinski definition) is 5. The molecule has 0 bridgehead atoms. The maximum absolute atomic E-state index is 11.8. The smallest absolute Gasteiger partial charge is 0.341 e. The lowest BCUT2D eigenvalue weighted by Crippen LogP contribution is -2.32. The molecule has 5 heteroatoms. The quantitative estimate of drug-likeness (QED) is 0.658. The largest absolute Gasteiger partial charge is 0.496 e. The van der Waals surface area contributed by atoms with Crippen LogP contribution in [0, 0.1) is 5.41 Å². The second-order valence-electron chi connectivity index (χ2n) is 6.73. The molecule has 3 N–H and O–H groups in total. The molecule has 22 heavy (non-hydrogen) atoms. The normalized spacial score (nSPS) is 20.3. The van der Waals surface area contributed by atoms with Gasteiger partial charge < -0.3 is 20.5 Å². The van der Waals surface area contributed by atoms with Gasteiger partial charge in [-0.3, -0.25) is 0 Å². The van der Waals surface area contributed by atoms with E-state index in [-0.39, 0.29) is 0 Å². The van der Waals surface area contributed by atoms with E-state index in [1.54, 1.807) is 12.1 Å². The van der Waals surface area contributed by atoms with Crippen molar-refractivity contribution in [1.29, 1.82) is 0 Å². The van der Waals surface area contributed by atoms with Crippen LogP contribution in [0.25, 0.3) is 0 Å². The Morgan fingerprint density at radius 3 is 2.68 bits per heavy atom. The summed E-state index contributed by atoms with van der Waals surface area (Å²) in [6, 6.07) is 3.78. The van der Waals surface area contributed by atoms with Crippen molar-refractivity contribution in [1.82, 2.24) is 0 Å². The Balaban J connectivity index is 2.23. The van der Waals surface area contributed by atoms with Crippen LogP contribution in [0.4, 0.5) is 11.4 Å². The second kappa shape index (κ2) is 6.46. The van der Waals surface area contributed by atoms with Crippen LogP contribution in [-0.4, -0.2) is 26.2 Å². The SMILES string of the molecule is COC(=O)c1cc(N)c(N[C@H]2CCCC(C)(C)C2)cc1OC. The van der Waals surface area contributed by atoms with E-state index in [1.807, 2.05) is 0 Å². The summed E-state index contributed by atoms with van der Waals surface area (Å²) < 4.78 is 10.1. The van der Waals surface area contributed by atoms with E-state index in [0.29, 0.717) is 28.5 Å². The number of nitrogen functional groups attached to an aromatic ring is 1. The number of carbonyl (C=O) groups excluding carboxylic acids is 1. The third kappa shape index (κ3) is 3.64. The zero-order valence-corrected chi connectivity index (χ0v) is 13.9. The van der Waals surface area contributed by atoms with Crippen molar-refractivity contribution in [2.75, 3.05) is 25.3 Å². The first-order valence-corrected chi connectivity index (χ1v) is 7.68. The summed E-state index contributed by atoms with van der Waals surface area (Å²) in [6.45, 7) is 4.59. The van der Waals surface area contributed by atoms with E-state index in [2.05, 4.69) is 19.2 Å². The van der Waals surface area contributed by atoms with Gasteiger partial charge >= 0.3 is 5.97 Å². The summed E-state index contributed by atoms with van der Waals surface area (Å²) in [5, 5.41) is 3.51. The number of benzene rings is 1. The average molecular weight is 306 g/mol. The van der Waals surface area contributed by atoms with E-state index < -0.39 is 5.97 Å². The average Bonchev–Trinajstić information content (AvgIpc) is 2.47. The summed E-state index contributed by atoms with van der Waals surface area (Å²) in [4.78, 5) is 11.8. The third-order valence-electron chi connectivity index (χ3n) is 4.34. The Morgan fingerprint density at radius 2 is 2.09 bits per heavy atom. The molecule has 1 atom stereocenters. The van der Waals surface area contributed by atoms with Crippen LogP contribution in [0.3, 0.4) is 0 Å². The summed E-state index contributed by atoms with van der Waals surface area (Å²) in [5.41, 5.74) is 8.13. The van der Waals surface area contributed by atoms with Crippen LogP contribution in [0.1, 0.15) is 49.9 Å². The van der Waals surface area contributed by atoms with E-state index in [9.17, 15) is 4.79 Å². The number of esters is 1. The predicted molar refractivity (Wildman–Crippen MR) is 88.4 cm³/mol. The van der Waals surface area contributed by atoms with Gasteiger partial charge in [-0.1, -0.05) is 20.3 Å². The molecular weight excluding hydrogens is 280 g/mol. The fraction of sp³-hybridized carbons (Fsp3) is 0.588. The molecule has 1 fully saturated rings. The van der Waals surface area contributed by atoms with Crippen LogP contribution in [0.2, 0.25) is 0 Å². The number of ether oxygens (including phenoxy) is 2. The van der Waals surface area contributed by atoms with Gasteiger partial charge in [-0.15, -0.1) is 0 Å². The molecular formula is C17H26N2O3. The minimum atomic E-state index is -0.450. The highest BCUT2D eigenvalue weighted by molar-refractivity contribution is 5.95. The number of hydrogen-bond donors (Lipinski definition) is 2. The first-order valence-electron chi connectivity index (χ1n) is 7.68. The molecule has 0 unspecified atom stereocenters. The second-order valence-corrected chi connectivity index (χ2v) is 6.73. The molecule has 0 amide bonds. The molecule has 2 rings (SSSR count). The van der Waals surface area contributed by atoms with Crippen molar-refractivity contribution in [2.24, 2.45) is 5.41 Å². The zero-order valence-electron chi connectivity index (χ0n) is 13.9. The van der Waals surface area contributed by atoms with Crippen LogP contribution in [-0.2, 0) is 4.74 Å². The zero-order chi connectivity index (χ0) is 16.3. The lowest BCUT2D eigenvalue weighted by molar-refractivity contribution is 0.0597. The van der Waals surface area contributed by atoms with E-state index in [1.165, 1.54) is 27.1 Å². The molecule has 0 radical (unpaired) electrons. The maximum atomic E-state index is 11.8. The van der Waals surface area contributed by atoms with Crippen LogP contribution >= 0.6 is 0 Å². The first-order chi connectivity index (χ1) is 10.4. The fourth-order valence-electron chi connectivity index (χ4n) is 3.20. The lowest BCUT2D eigenvalue weighted by Gasteiger charge is -2.36. The summed E-state index contributed by atoms with van der Waals surface area (Å²) in [7, 11) is 2.87. The summed E-state index contributed by atoms with van der Waals surface area (Å²) >= 11 is 0. The fourth-order valence-corrected chi connectivity index (χ4v) is 3.20. The molecule has 122 valence electrons. The standard InChI is InChI=1S/C17H26N2O3/c1-17(2)7-5-6-11(10-17)19-14-9-15(21-3)12(8-13(14)18)16(20)22-4/h8-9,11,19H,5-7,10,18H2,1-4H3/t11-/m0/s1. The first kappa shape index (κ1) is 16.5. The molecule has 1 aromatic rings. The topological polar surface area (TPSA) is 73.6 Å². The Morgan fingerprint density at radius 1 is 1.36 bits per heavy atom. The molecule has 0 spiro atoms. The van der Waals surface area contributed by atoms with Crippen LogP contribution < -0.4 is 15.8 Å². The maximum Gasteiger partial charge on any atom is 0.341 e. The van der Waals surface area contributed by atoms with Crippen molar-refractivity contribution in [3.63, 3.8) is 0 Å². The van der Waals surface area contributed by atoms with Crippen molar-refractivity contribution < 1.29 is 14.3 Å². The number of methoxy groups -OCH3 is 2. The molecule has 5 nitrogen and oxygen atoms in total. The molecule has 0 heterocycles. The molecule has 0 aromatic heterocycles. The van der Waals surface area contributed by atoms with Gasteiger partial charge in [0.25, 0.3) is 0 Å². The third-order valence-corrected chi connectivity index (χ3v) is 4.34. The van der Waals surface area contributed by atoms with Crippen molar-refractivity contribution in [2.45, 2.75) is 45.6 Å². The summed E-state index contributed by atoms with van der Waals surface area (Å²) in [6.07, 6.45) is 4.70. The van der Waals surface area contributed by atoms with Gasteiger partial charge in [0.15, 0.2) is 0 Å². The Hall–Kier alpha value is -1.91. The number of carbonyl (C=O) groups is 1. The summed E-state index contributed by atoms with van der Waals surface area (Å²) in [5.74, 6) is 0.0209. The van der Waals surface area contributed by atoms with E-state index >= 15 is 0 Å². The minimum absolute atomic E-state index is 0.344. The monoisotopic (exact) mass is 306 g/mol. The van der Waals surface area contributed by atoms with Crippen molar-refractivity contribution in [3.8, 4) is 5.75 Å². The molecule has 1 aliphatic rings. The van der Waals surface area contributed by atoms with Crippen LogP contribution in [0.5, 0.6) is 5.75 Å². The Bertz CT molecular complexity index is 555. The molecule has 1 aliphatic carbocycles. The molecule has 1 saturated carbocycles. The highest BCUT2D eigenvalue weighted by atomic mass is 16.5. The van der Waals surface area contributed by atoms with Gasteiger partial charge in [0.1, 0.15) is 11.3 Å². The Kier molecular flexibility index (Phi) is 4.84. The number of anilines is 2. The van der Waals surface area contributed by atoms with Crippen molar-refractivity contribution in [3.05, 3.63) is 17.7 Å². The van der Waals surface area contributed by atoms with Gasteiger partial charge in [-0.25, -0.2) is 4.79 Å². The van der Waals surface area contributed by atoms with Gasteiger partial charge in [0.05, 0.1) is 25.6 Å². The van der Waals surface area contributed by atoms with E-state index in [0.717, 1.165) is 18.5 Å². The Labute approximate surface area is 132 Å².